The Kier molecular flexibility index (Phi) is 4.23. The summed E-state index contributed by atoms with van der Waals surface area (Å²) >= 11 is 0. The molecule has 1 atom stereocenters. The first-order valence-corrected chi connectivity index (χ1v) is 8.51. The van der Waals surface area contributed by atoms with Gasteiger partial charge in [0.25, 0.3) is 0 Å². The van der Waals surface area contributed by atoms with Crippen LogP contribution in [0.1, 0.15) is 18.5 Å². The van der Waals surface area contributed by atoms with Gasteiger partial charge in [0, 0.05) is 35.3 Å². The summed E-state index contributed by atoms with van der Waals surface area (Å²) in [4.78, 5) is 16.6. The lowest BCUT2D eigenvalue weighted by Crippen LogP contribution is -2.09. The average Bonchev–Trinajstić information content (AvgIpc) is 2.69. The lowest BCUT2D eigenvalue weighted by Gasteiger charge is -2.17. The van der Waals surface area contributed by atoms with Crippen LogP contribution in [0, 0.1) is 0 Å². The monoisotopic (exact) mass is 342 g/mol. The molecule has 2 aromatic carbocycles. The Morgan fingerprint density at radius 2 is 1.73 bits per heavy atom. The number of rotatable bonds is 4. The molecule has 4 aromatic rings. The summed E-state index contributed by atoms with van der Waals surface area (Å²) < 4.78 is 6.15. The molecule has 0 fully saturated rings. The zero-order valence-corrected chi connectivity index (χ0v) is 14.3. The van der Waals surface area contributed by atoms with E-state index in [-0.39, 0.29) is 11.5 Å². The predicted molar refractivity (Wildman–Crippen MR) is 104 cm³/mol. The Balaban J connectivity index is 1.82. The summed E-state index contributed by atoms with van der Waals surface area (Å²) in [5.74, 6) is 0.546. The lowest BCUT2D eigenvalue weighted by atomic mass is 10.0. The number of aromatic nitrogens is 1. The number of hydrogen-bond donors (Lipinski definition) is 1. The van der Waals surface area contributed by atoms with Crippen molar-refractivity contribution in [2.75, 3.05) is 5.32 Å². The normalized spacial score (nSPS) is 12.0. The van der Waals surface area contributed by atoms with Crippen molar-refractivity contribution >= 4 is 16.7 Å². The van der Waals surface area contributed by atoms with E-state index in [1.54, 1.807) is 18.5 Å². The second kappa shape index (κ2) is 6.84. The van der Waals surface area contributed by atoms with Gasteiger partial charge < -0.3 is 9.73 Å². The molecule has 0 aliphatic carbocycles. The predicted octanol–water partition coefficient (Wildman–Crippen LogP) is 5.03. The van der Waals surface area contributed by atoms with Crippen molar-refractivity contribution in [3.8, 4) is 11.3 Å². The molecule has 2 aromatic heterocycles. The summed E-state index contributed by atoms with van der Waals surface area (Å²) in [6.07, 6.45) is 3.37. The fourth-order valence-electron chi connectivity index (χ4n) is 3.06. The summed E-state index contributed by atoms with van der Waals surface area (Å²) in [7, 11) is 0. The van der Waals surface area contributed by atoms with Gasteiger partial charge in [-0.15, -0.1) is 0 Å². The molecule has 0 radical (unpaired) electrons. The molecule has 0 bridgehead atoms. The first-order chi connectivity index (χ1) is 12.7. The van der Waals surface area contributed by atoms with Crippen LogP contribution in [0.4, 0.5) is 5.69 Å². The van der Waals surface area contributed by atoms with E-state index in [4.69, 9.17) is 4.42 Å². The topological polar surface area (TPSA) is 55.1 Å². The van der Waals surface area contributed by atoms with Crippen LogP contribution >= 0.6 is 0 Å². The molecule has 0 spiro atoms. The molecule has 4 heteroatoms. The van der Waals surface area contributed by atoms with E-state index in [0.29, 0.717) is 16.7 Å². The molecule has 0 saturated heterocycles. The van der Waals surface area contributed by atoms with E-state index < -0.39 is 0 Å². The average molecular weight is 342 g/mol. The molecule has 0 aliphatic heterocycles. The van der Waals surface area contributed by atoms with E-state index in [2.05, 4.69) is 17.2 Å². The highest BCUT2D eigenvalue weighted by Crippen LogP contribution is 2.28. The standard InChI is InChI=1S/C22H18N2O2/c1-15(24-17-6-3-2-4-7-17)18-8-5-9-19-20(25)14-21(26-22(18)19)16-10-12-23-13-11-16/h2-15,24H,1H3. The highest BCUT2D eigenvalue weighted by Gasteiger charge is 2.15. The molecule has 2 heterocycles. The number of benzene rings is 2. The van der Waals surface area contributed by atoms with Crippen LogP contribution in [0.5, 0.6) is 0 Å². The molecule has 26 heavy (non-hydrogen) atoms. The van der Waals surface area contributed by atoms with E-state index >= 15 is 0 Å². The van der Waals surface area contributed by atoms with Crippen molar-refractivity contribution in [3.63, 3.8) is 0 Å². The highest BCUT2D eigenvalue weighted by molar-refractivity contribution is 5.82. The van der Waals surface area contributed by atoms with Gasteiger partial charge in [-0.05, 0) is 37.3 Å². The van der Waals surface area contributed by atoms with E-state index in [1.165, 1.54) is 6.07 Å². The molecule has 0 amide bonds. The molecule has 4 rings (SSSR count). The number of para-hydroxylation sites is 2. The molecule has 128 valence electrons. The maximum atomic E-state index is 12.6. The maximum Gasteiger partial charge on any atom is 0.193 e. The maximum absolute atomic E-state index is 12.6. The van der Waals surface area contributed by atoms with Crippen LogP contribution in [0.2, 0.25) is 0 Å². The molecule has 1 unspecified atom stereocenters. The van der Waals surface area contributed by atoms with Crippen LogP contribution in [0.25, 0.3) is 22.3 Å². The van der Waals surface area contributed by atoms with Crippen molar-refractivity contribution in [1.29, 1.82) is 0 Å². The number of nitrogens with zero attached hydrogens (tertiary/aromatic N) is 1. The summed E-state index contributed by atoms with van der Waals surface area (Å²) in [6, 6.07) is 20.8. The van der Waals surface area contributed by atoms with Crippen LogP contribution < -0.4 is 10.7 Å². The van der Waals surface area contributed by atoms with Crippen molar-refractivity contribution in [2.24, 2.45) is 0 Å². The minimum Gasteiger partial charge on any atom is -0.455 e. The Morgan fingerprint density at radius 3 is 2.50 bits per heavy atom. The fourth-order valence-corrected chi connectivity index (χ4v) is 3.06. The van der Waals surface area contributed by atoms with Gasteiger partial charge in [0.2, 0.25) is 0 Å². The largest absolute Gasteiger partial charge is 0.455 e. The molecule has 1 N–H and O–H groups in total. The SMILES string of the molecule is CC(Nc1ccccc1)c1cccc2c(=O)cc(-c3ccncc3)oc12. The van der Waals surface area contributed by atoms with Crippen LogP contribution in [-0.4, -0.2) is 4.98 Å². The smallest absolute Gasteiger partial charge is 0.193 e. The third-order valence-corrected chi connectivity index (χ3v) is 4.37. The number of anilines is 1. The third kappa shape index (κ3) is 3.09. The van der Waals surface area contributed by atoms with E-state index in [9.17, 15) is 4.79 Å². The van der Waals surface area contributed by atoms with Crippen molar-refractivity contribution < 1.29 is 4.42 Å². The van der Waals surface area contributed by atoms with Gasteiger partial charge in [-0.3, -0.25) is 9.78 Å². The van der Waals surface area contributed by atoms with Crippen molar-refractivity contribution in [3.05, 3.63) is 94.9 Å². The molecule has 0 saturated carbocycles. The number of pyridine rings is 1. The van der Waals surface area contributed by atoms with Gasteiger partial charge in [-0.2, -0.15) is 0 Å². The van der Waals surface area contributed by atoms with Gasteiger partial charge in [0.05, 0.1) is 11.4 Å². The molecule has 4 nitrogen and oxygen atoms in total. The van der Waals surface area contributed by atoms with Crippen molar-refractivity contribution in [2.45, 2.75) is 13.0 Å². The zero-order valence-electron chi connectivity index (χ0n) is 14.3. The third-order valence-electron chi connectivity index (χ3n) is 4.37. The van der Waals surface area contributed by atoms with Crippen LogP contribution in [-0.2, 0) is 0 Å². The summed E-state index contributed by atoms with van der Waals surface area (Å²) in [6.45, 7) is 2.06. The molecular weight excluding hydrogens is 324 g/mol. The number of hydrogen-bond acceptors (Lipinski definition) is 4. The van der Waals surface area contributed by atoms with Gasteiger partial charge in [0.15, 0.2) is 5.43 Å². The zero-order chi connectivity index (χ0) is 17.9. The van der Waals surface area contributed by atoms with Crippen molar-refractivity contribution in [1.82, 2.24) is 4.98 Å². The minimum atomic E-state index is -0.0492. The number of fused-ring (bicyclic) bond motifs is 1. The van der Waals surface area contributed by atoms with Gasteiger partial charge in [-0.1, -0.05) is 30.3 Å². The van der Waals surface area contributed by atoms with Crippen LogP contribution in [0.3, 0.4) is 0 Å². The highest BCUT2D eigenvalue weighted by atomic mass is 16.3. The Labute approximate surface area is 151 Å². The second-order valence-electron chi connectivity index (χ2n) is 6.17. The second-order valence-corrected chi connectivity index (χ2v) is 6.17. The first kappa shape index (κ1) is 16.1. The Morgan fingerprint density at radius 1 is 0.962 bits per heavy atom. The lowest BCUT2D eigenvalue weighted by molar-refractivity contribution is 0.610. The quantitative estimate of drug-likeness (QED) is 0.565. The summed E-state index contributed by atoms with van der Waals surface area (Å²) in [5, 5.41) is 4.04. The minimum absolute atomic E-state index is 0.0167. The van der Waals surface area contributed by atoms with E-state index in [1.807, 2.05) is 54.6 Å². The van der Waals surface area contributed by atoms with Gasteiger partial charge in [-0.25, -0.2) is 0 Å². The van der Waals surface area contributed by atoms with E-state index in [0.717, 1.165) is 16.8 Å². The fraction of sp³-hybridized carbons (Fsp3) is 0.0909. The van der Waals surface area contributed by atoms with Crippen LogP contribution in [0.15, 0.2) is 88.3 Å². The van der Waals surface area contributed by atoms with Gasteiger partial charge in [0.1, 0.15) is 11.3 Å². The summed E-state index contributed by atoms with van der Waals surface area (Å²) in [5.41, 5.74) is 3.36. The Bertz CT molecular complexity index is 1090. The Hall–Kier alpha value is -3.40. The number of nitrogens with one attached hydrogen (secondary N) is 1. The molecule has 0 aliphatic rings. The first-order valence-electron chi connectivity index (χ1n) is 8.51. The molecular formula is C22H18N2O2. The van der Waals surface area contributed by atoms with Gasteiger partial charge >= 0.3 is 0 Å².